The number of carbonyl (C=O) groups is 1. The van der Waals surface area contributed by atoms with Crippen molar-refractivity contribution in [3.8, 4) is 11.5 Å². The van der Waals surface area contributed by atoms with E-state index in [1.165, 1.54) is 5.56 Å². The molecule has 0 unspecified atom stereocenters. The summed E-state index contributed by atoms with van der Waals surface area (Å²) in [5.74, 6) is 1.10. The molecular weight excluding hydrogens is 366 g/mol. The molecule has 29 heavy (non-hydrogen) atoms. The molecule has 0 spiro atoms. The second-order valence-electron chi connectivity index (χ2n) is 9.25. The van der Waals surface area contributed by atoms with Crippen molar-refractivity contribution in [2.75, 3.05) is 0 Å². The summed E-state index contributed by atoms with van der Waals surface area (Å²) in [6.07, 6.45) is 1.28. The summed E-state index contributed by atoms with van der Waals surface area (Å²) in [6, 6.07) is 15.6. The minimum atomic E-state index is -0.487. The number of hydrogen-bond acceptors (Lipinski definition) is 4. The number of aromatic hydroxyl groups is 1. The number of alkyl carbamates (subject to hydrolysis) is 1. The third-order valence-electron chi connectivity index (χ3n) is 5.28. The van der Waals surface area contributed by atoms with Crippen molar-refractivity contribution in [2.24, 2.45) is 0 Å². The van der Waals surface area contributed by atoms with Gasteiger partial charge in [-0.05, 0) is 56.2 Å². The van der Waals surface area contributed by atoms with E-state index in [1.807, 2.05) is 45.0 Å². The summed E-state index contributed by atoms with van der Waals surface area (Å²) < 4.78 is 11.3. The molecule has 1 fully saturated rings. The van der Waals surface area contributed by atoms with Crippen LogP contribution in [-0.2, 0) is 10.2 Å². The first-order valence-corrected chi connectivity index (χ1v) is 10.1. The van der Waals surface area contributed by atoms with E-state index in [0.29, 0.717) is 0 Å². The maximum atomic E-state index is 11.8. The molecule has 0 radical (unpaired) electrons. The molecule has 3 rings (SSSR count). The lowest BCUT2D eigenvalue weighted by molar-refractivity contribution is 0.0363. The molecule has 2 N–H and O–H groups in total. The van der Waals surface area contributed by atoms with Gasteiger partial charge < -0.3 is 19.9 Å². The maximum Gasteiger partial charge on any atom is 0.407 e. The fourth-order valence-electron chi connectivity index (χ4n) is 3.44. The lowest BCUT2D eigenvalue weighted by atomic mass is 9.78. The van der Waals surface area contributed by atoms with Crippen LogP contribution in [0.25, 0.3) is 0 Å². The molecule has 0 aromatic heterocycles. The summed E-state index contributed by atoms with van der Waals surface area (Å²) in [6.45, 7) is 9.88. The Morgan fingerprint density at radius 3 is 1.97 bits per heavy atom. The van der Waals surface area contributed by atoms with Crippen molar-refractivity contribution < 1.29 is 19.4 Å². The highest BCUT2D eigenvalue weighted by Crippen LogP contribution is 2.34. The predicted octanol–water partition coefficient (Wildman–Crippen LogP) is 5.15. The van der Waals surface area contributed by atoms with Gasteiger partial charge in [-0.2, -0.15) is 0 Å². The van der Waals surface area contributed by atoms with Crippen molar-refractivity contribution in [1.82, 2.24) is 5.32 Å². The zero-order chi connectivity index (χ0) is 21.2. The van der Waals surface area contributed by atoms with E-state index >= 15 is 0 Å². The van der Waals surface area contributed by atoms with Gasteiger partial charge in [0, 0.05) is 24.3 Å². The summed E-state index contributed by atoms with van der Waals surface area (Å²) >= 11 is 0. The minimum absolute atomic E-state index is 0.0996. The van der Waals surface area contributed by atoms with Crippen LogP contribution in [-0.4, -0.2) is 28.9 Å². The Balaban J connectivity index is 1.52. The SMILES string of the molecule is CC(C)(C)OC(=O)N[C@H]1C[C@@H](Oc2ccc(C(C)(C)c3ccc(O)cc3)cc2)C1. The molecule has 1 saturated carbocycles. The molecule has 5 nitrogen and oxygen atoms in total. The number of ether oxygens (including phenoxy) is 2. The fourth-order valence-corrected chi connectivity index (χ4v) is 3.44. The van der Waals surface area contributed by atoms with Crippen LogP contribution in [0.1, 0.15) is 58.6 Å². The Kier molecular flexibility index (Phi) is 5.78. The second-order valence-corrected chi connectivity index (χ2v) is 9.25. The lowest BCUT2D eigenvalue weighted by Gasteiger charge is -2.36. The van der Waals surface area contributed by atoms with Crippen LogP contribution in [0.3, 0.4) is 0 Å². The van der Waals surface area contributed by atoms with E-state index in [2.05, 4.69) is 31.3 Å². The Morgan fingerprint density at radius 2 is 1.45 bits per heavy atom. The molecule has 1 aliphatic rings. The van der Waals surface area contributed by atoms with Crippen LogP contribution >= 0.6 is 0 Å². The first kappa shape index (κ1) is 21.0. The van der Waals surface area contributed by atoms with E-state index in [4.69, 9.17) is 9.47 Å². The Hall–Kier alpha value is -2.69. The molecule has 0 heterocycles. The lowest BCUT2D eigenvalue weighted by Crippen LogP contribution is -2.50. The average Bonchev–Trinajstić information content (AvgIpc) is 2.59. The van der Waals surface area contributed by atoms with Crippen molar-refractivity contribution in [2.45, 2.75) is 70.6 Å². The summed E-state index contributed by atoms with van der Waals surface area (Å²) in [4.78, 5) is 11.8. The predicted molar refractivity (Wildman–Crippen MR) is 113 cm³/mol. The van der Waals surface area contributed by atoms with Gasteiger partial charge >= 0.3 is 6.09 Å². The van der Waals surface area contributed by atoms with E-state index in [1.54, 1.807) is 12.1 Å². The van der Waals surface area contributed by atoms with E-state index in [0.717, 1.165) is 24.2 Å². The Bertz CT molecular complexity index is 829. The smallest absolute Gasteiger partial charge is 0.407 e. The van der Waals surface area contributed by atoms with Gasteiger partial charge in [0.05, 0.1) is 0 Å². The zero-order valence-electron chi connectivity index (χ0n) is 17.9. The third kappa shape index (κ3) is 5.43. The van der Waals surface area contributed by atoms with Gasteiger partial charge in [-0.1, -0.05) is 38.1 Å². The molecule has 5 heteroatoms. The van der Waals surface area contributed by atoms with Gasteiger partial charge in [0.2, 0.25) is 0 Å². The van der Waals surface area contributed by atoms with Gasteiger partial charge in [0.15, 0.2) is 0 Å². The fraction of sp³-hybridized carbons (Fsp3) is 0.458. The van der Waals surface area contributed by atoms with Gasteiger partial charge in [-0.3, -0.25) is 0 Å². The van der Waals surface area contributed by atoms with Crippen LogP contribution in [0.5, 0.6) is 11.5 Å². The van der Waals surface area contributed by atoms with Crippen molar-refractivity contribution in [3.63, 3.8) is 0 Å². The molecule has 0 bridgehead atoms. The van der Waals surface area contributed by atoms with Crippen molar-refractivity contribution >= 4 is 6.09 Å². The largest absolute Gasteiger partial charge is 0.508 e. The highest BCUT2D eigenvalue weighted by atomic mass is 16.6. The Morgan fingerprint density at radius 1 is 0.931 bits per heavy atom. The number of rotatable bonds is 5. The quantitative estimate of drug-likeness (QED) is 0.732. The van der Waals surface area contributed by atoms with Gasteiger partial charge in [0.25, 0.3) is 0 Å². The molecule has 2 aromatic rings. The minimum Gasteiger partial charge on any atom is -0.508 e. The molecule has 156 valence electrons. The van der Waals surface area contributed by atoms with Crippen LogP contribution in [0.2, 0.25) is 0 Å². The average molecular weight is 398 g/mol. The zero-order valence-corrected chi connectivity index (χ0v) is 17.9. The van der Waals surface area contributed by atoms with E-state index < -0.39 is 5.60 Å². The summed E-state index contributed by atoms with van der Waals surface area (Å²) in [5.41, 5.74) is 1.65. The third-order valence-corrected chi connectivity index (χ3v) is 5.28. The standard InChI is InChI=1S/C24H31NO4/c1-23(2,3)29-22(27)25-18-14-21(15-18)28-20-12-8-17(9-13-20)24(4,5)16-6-10-19(26)11-7-16/h6-13,18,21,26H,14-15H2,1-5H3,(H,25,27)/t18-,21+. The highest BCUT2D eigenvalue weighted by molar-refractivity contribution is 5.68. The van der Waals surface area contributed by atoms with Crippen LogP contribution in [0, 0.1) is 0 Å². The van der Waals surface area contributed by atoms with E-state index in [-0.39, 0.29) is 29.4 Å². The van der Waals surface area contributed by atoms with Crippen LogP contribution in [0.4, 0.5) is 4.79 Å². The van der Waals surface area contributed by atoms with Crippen molar-refractivity contribution in [1.29, 1.82) is 0 Å². The number of hydrogen-bond donors (Lipinski definition) is 2. The van der Waals surface area contributed by atoms with Gasteiger partial charge in [-0.15, -0.1) is 0 Å². The first-order valence-electron chi connectivity index (χ1n) is 10.1. The van der Waals surface area contributed by atoms with Crippen molar-refractivity contribution in [3.05, 3.63) is 59.7 Å². The van der Waals surface area contributed by atoms with E-state index in [9.17, 15) is 9.90 Å². The van der Waals surface area contributed by atoms with Gasteiger partial charge in [0.1, 0.15) is 23.2 Å². The molecule has 0 saturated heterocycles. The van der Waals surface area contributed by atoms with Gasteiger partial charge in [-0.25, -0.2) is 4.79 Å². The number of nitrogens with one attached hydrogen (secondary N) is 1. The highest BCUT2D eigenvalue weighted by Gasteiger charge is 2.33. The second kappa shape index (κ2) is 7.97. The number of carbonyl (C=O) groups excluding carboxylic acids is 1. The van der Waals surface area contributed by atoms with Crippen LogP contribution in [0.15, 0.2) is 48.5 Å². The molecule has 0 aliphatic heterocycles. The van der Waals surface area contributed by atoms with Crippen LogP contribution < -0.4 is 10.1 Å². The number of amides is 1. The first-order chi connectivity index (χ1) is 13.5. The summed E-state index contributed by atoms with van der Waals surface area (Å²) in [7, 11) is 0. The molecule has 2 aromatic carbocycles. The summed E-state index contributed by atoms with van der Waals surface area (Å²) in [5, 5.41) is 12.4. The molecule has 1 amide bonds. The number of benzene rings is 2. The molecule has 0 atom stereocenters. The number of phenols is 1. The molecule has 1 aliphatic carbocycles. The Labute approximate surface area is 173 Å². The topological polar surface area (TPSA) is 67.8 Å². The maximum absolute atomic E-state index is 11.8. The molecular formula is C24H31NO4. The number of phenolic OH excluding ortho intramolecular Hbond substituents is 1. The monoisotopic (exact) mass is 397 g/mol. The normalized spacial score (nSPS) is 19.2.